The Morgan fingerprint density at radius 1 is 1.44 bits per heavy atom. The highest BCUT2D eigenvalue weighted by atomic mass is 32.1. The van der Waals surface area contributed by atoms with Gasteiger partial charge in [-0.15, -0.1) is 11.3 Å². The van der Waals surface area contributed by atoms with Gasteiger partial charge in [-0.25, -0.2) is 4.98 Å². The van der Waals surface area contributed by atoms with Gasteiger partial charge in [-0.2, -0.15) is 0 Å². The number of rotatable bonds is 9. The summed E-state index contributed by atoms with van der Waals surface area (Å²) < 4.78 is 10.3. The molecule has 5 heteroatoms. The number of nitrogens with one attached hydrogen (secondary N) is 1. The highest BCUT2D eigenvalue weighted by Crippen LogP contribution is 2.18. The van der Waals surface area contributed by atoms with E-state index in [-0.39, 0.29) is 0 Å². The van der Waals surface area contributed by atoms with E-state index in [0.29, 0.717) is 25.9 Å². The zero-order valence-electron chi connectivity index (χ0n) is 9.94. The van der Waals surface area contributed by atoms with Gasteiger partial charge in [0.2, 0.25) is 0 Å². The molecule has 0 bridgehead atoms. The van der Waals surface area contributed by atoms with Gasteiger partial charge >= 0.3 is 0 Å². The average Bonchev–Trinajstić information content (AvgIpc) is 2.82. The number of hydrogen-bond acceptors (Lipinski definition) is 5. The number of aromatic nitrogens is 1. The molecule has 1 N–H and O–H groups in total. The molecule has 0 fully saturated rings. The topological polar surface area (TPSA) is 43.4 Å². The predicted octanol–water partition coefficient (Wildman–Crippen LogP) is 1.85. The highest BCUT2D eigenvalue weighted by molar-refractivity contribution is 7.09. The van der Waals surface area contributed by atoms with Crippen molar-refractivity contribution < 1.29 is 9.47 Å². The first kappa shape index (κ1) is 13.6. The quantitative estimate of drug-likeness (QED) is 0.673. The van der Waals surface area contributed by atoms with E-state index in [1.807, 2.05) is 11.6 Å². The summed E-state index contributed by atoms with van der Waals surface area (Å²) in [5.74, 6) is 0. The minimum absolute atomic E-state index is 0.353. The van der Waals surface area contributed by atoms with E-state index in [1.54, 1.807) is 18.4 Å². The Morgan fingerprint density at radius 2 is 2.31 bits per heavy atom. The number of ether oxygens (including phenoxy) is 2. The fourth-order valence-electron chi connectivity index (χ4n) is 1.36. The fraction of sp³-hybridized carbons (Fsp3) is 0.727. The van der Waals surface area contributed by atoms with Gasteiger partial charge in [-0.3, -0.25) is 0 Å². The molecule has 0 aliphatic heterocycles. The maximum atomic E-state index is 5.38. The number of methoxy groups -OCH3 is 1. The Bertz CT molecular complexity index is 254. The molecule has 1 aromatic rings. The summed E-state index contributed by atoms with van der Waals surface area (Å²) in [6.07, 6.45) is 2.89. The monoisotopic (exact) mass is 244 g/mol. The number of nitrogens with zero attached hydrogens (tertiary/aromatic N) is 1. The average molecular weight is 244 g/mol. The zero-order chi connectivity index (χ0) is 11.6. The molecule has 0 radical (unpaired) electrons. The molecule has 0 saturated heterocycles. The van der Waals surface area contributed by atoms with Crippen LogP contribution >= 0.6 is 11.3 Å². The van der Waals surface area contributed by atoms with Crippen LogP contribution < -0.4 is 5.32 Å². The molecule has 0 spiro atoms. The van der Waals surface area contributed by atoms with Gasteiger partial charge in [-0.1, -0.05) is 6.92 Å². The normalized spacial score (nSPS) is 12.9. The van der Waals surface area contributed by atoms with Crippen molar-refractivity contribution in [2.75, 3.05) is 33.5 Å². The van der Waals surface area contributed by atoms with Crippen molar-refractivity contribution in [3.8, 4) is 0 Å². The molecule has 16 heavy (non-hydrogen) atoms. The van der Waals surface area contributed by atoms with E-state index in [4.69, 9.17) is 9.47 Å². The van der Waals surface area contributed by atoms with Gasteiger partial charge in [0.25, 0.3) is 0 Å². The summed E-state index contributed by atoms with van der Waals surface area (Å²) in [5.41, 5.74) is 0. The molecule has 0 saturated carbocycles. The van der Waals surface area contributed by atoms with E-state index in [0.717, 1.165) is 18.0 Å². The summed E-state index contributed by atoms with van der Waals surface area (Å²) in [4.78, 5) is 4.31. The van der Waals surface area contributed by atoms with E-state index in [9.17, 15) is 0 Å². The summed E-state index contributed by atoms with van der Waals surface area (Å²) in [6, 6.07) is 0.353. The van der Waals surface area contributed by atoms with Crippen LogP contribution in [0.4, 0.5) is 0 Å². The fourth-order valence-corrected chi connectivity index (χ4v) is 2.16. The lowest BCUT2D eigenvalue weighted by atomic mass is 10.2. The minimum atomic E-state index is 0.353. The summed E-state index contributed by atoms with van der Waals surface area (Å²) in [7, 11) is 1.68. The van der Waals surface area contributed by atoms with Crippen molar-refractivity contribution in [3.63, 3.8) is 0 Å². The molecule has 0 aliphatic carbocycles. The number of thiazole rings is 1. The molecular formula is C11H20N2O2S. The van der Waals surface area contributed by atoms with Gasteiger partial charge in [0.05, 0.1) is 25.9 Å². The van der Waals surface area contributed by atoms with Crippen molar-refractivity contribution in [3.05, 3.63) is 16.6 Å². The first-order valence-electron chi connectivity index (χ1n) is 5.58. The maximum Gasteiger partial charge on any atom is 0.109 e. The molecular weight excluding hydrogens is 224 g/mol. The van der Waals surface area contributed by atoms with Crippen LogP contribution in [0.3, 0.4) is 0 Å². The van der Waals surface area contributed by atoms with Crippen molar-refractivity contribution in [1.29, 1.82) is 0 Å². The van der Waals surface area contributed by atoms with Gasteiger partial charge in [0, 0.05) is 25.2 Å². The van der Waals surface area contributed by atoms with Crippen LogP contribution in [0.25, 0.3) is 0 Å². The van der Waals surface area contributed by atoms with Crippen LogP contribution in [0.15, 0.2) is 11.6 Å². The van der Waals surface area contributed by atoms with Crippen molar-refractivity contribution in [1.82, 2.24) is 10.3 Å². The third kappa shape index (κ3) is 5.03. The van der Waals surface area contributed by atoms with E-state index >= 15 is 0 Å². The molecule has 1 aromatic heterocycles. The smallest absolute Gasteiger partial charge is 0.109 e. The van der Waals surface area contributed by atoms with Crippen LogP contribution in [-0.4, -0.2) is 38.5 Å². The molecule has 0 amide bonds. The Morgan fingerprint density at radius 3 is 2.94 bits per heavy atom. The lowest BCUT2D eigenvalue weighted by Gasteiger charge is -2.14. The van der Waals surface area contributed by atoms with E-state index in [2.05, 4.69) is 17.2 Å². The molecule has 92 valence electrons. The lowest BCUT2D eigenvalue weighted by Crippen LogP contribution is -2.25. The Hall–Kier alpha value is -0.490. The van der Waals surface area contributed by atoms with Crippen LogP contribution in [0, 0.1) is 0 Å². The summed E-state index contributed by atoms with van der Waals surface area (Å²) >= 11 is 1.69. The van der Waals surface area contributed by atoms with Crippen LogP contribution in [0.2, 0.25) is 0 Å². The third-order valence-electron chi connectivity index (χ3n) is 2.23. The van der Waals surface area contributed by atoms with Crippen molar-refractivity contribution in [2.45, 2.75) is 19.4 Å². The van der Waals surface area contributed by atoms with E-state index in [1.165, 1.54) is 0 Å². The van der Waals surface area contributed by atoms with Crippen LogP contribution in [0.1, 0.15) is 24.4 Å². The number of hydrogen-bond donors (Lipinski definition) is 1. The van der Waals surface area contributed by atoms with E-state index < -0.39 is 0 Å². The zero-order valence-corrected chi connectivity index (χ0v) is 10.8. The molecule has 1 heterocycles. The second-order valence-electron chi connectivity index (χ2n) is 3.39. The van der Waals surface area contributed by atoms with Crippen LogP contribution in [-0.2, 0) is 9.47 Å². The van der Waals surface area contributed by atoms with Crippen molar-refractivity contribution >= 4 is 11.3 Å². The van der Waals surface area contributed by atoms with Crippen molar-refractivity contribution in [2.24, 2.45) is 0 Å². The SMILES string of the molecule is CCC(NCCOCCOC)c1nccs1. The standard InChI is InChI=1S/C11H20N2O2S/c1-3-10(11-13-5-9-16-11)12-4-6-15-8-7-14-2/h5,9-10,12H,3-4,6-8H2,1-2H3. The highest BCUT2D eigenvalue weighted by Gasteiger charge is 2.09. The van der Waals surface area contributed by atoms with Gasteiger partial charge in [-0.05, 0) is 6.42 Å². The molecule has 4 nitrogen and oxygen atoms in total. The molecule has 1 atom stereocenters. The Labute approximate surface area is 101 Å². The second-order valence-corrected chi connectivity index (χ2v) is 4.32. The first-order valence-corrected chi connectivity index (χ1v) is 6.46. The molecule has 0 aliphatic rings. The molecule has 0 aromatic carbocycles. The Kier molecular flexibility index (Phi) is 7.33. The Balaban J connectivity index is 2.11. The third-order valence-corrected chi connectivity index (χ3v) is 3.12. The van der Waals surface area contributed by atoms with Gasteiger partial charge in [0.15, 0.2) is 0 Å². The van der Waals surface area contributed by atoms with Gasteiger partial charge in [0.1, 0.15) is 5.01 Å². The largest absolute Gasteiger partial charge is 0.382 e. The lowest BCUT2D eigenvalue weighted by molar-refractivity contribution is 0.0710. The molecule has 1 unspecified atom stereocenters. The summed E-state index contributed by atoms with van der Waals surface area (Å²) in [5, 5.41) is 6.59. The maximum absolute atomic E-state index is 5.38. The van der Waals surface area contributed by atoms with Gasteiger partial charge < -0.3 is 14.8 Å². The first-order chi connectivity index (χ1) is 7.88. The second kappa shape index (κ2) is 8.64. The van der Waals surface area contributed by atoms with Crippen LogP contribution in [0.5, 0.6) is 0 Å². The minimum Gasteiger partial charge on any atom is -0.382 e. The predicted molar refractivity (Wildman–Crippen MR) is 65.8 cm³/mol. The summed E-state index contributed by atoms with van der Waals surface area (Å²) in [6.45, 7) is 5.04. The molecule has 1 rings (SSSR count).